The minimum atomic E-state index is -0.524. The van der Waals surface area contributed by atoms with E-state index in [-0.39, 0.29) is 43.7 Å². The Labute approximate surface area is 151 Å². The van der Waals surface area contributed by atoms with Crippen LogP contribution in [0.3, 0.4) is 0 Å². The molecule has 0 aromatic heterocycles. The van der Waals surface area contributed by atoms with Gasteiger partial charge >= 0.3 is 17.9 Å². The van der Waals surface area contributed by atoms with Crippen LogP contribution in [0.25, 0.3) is 0 Å². The second-order valence-electron chi connectivity index (χ2n) is 5.25. The molecule has 0 atom stereocenters. The predicted molar refractivity (Wildman–Crippen MR) is 95.1 cm³/mol. The lowest BCUT2D eigenvalue weighted by atomic mass is 10.3. The number of thioether (sulfide) groups is 2. The zero-order chi connectivity index (χ0) is 17.8. The molecule has 0 aromatic carbocycles. The second kappa shape index (κ2) is 12.2. The monoisotopic (exact) mass is 376 g/mol. The summed E-state index contributed by atoms with van der Waals surface area (Å²) in [4.78, 5) is 34.4. The molecule has 1 fully saturated rings. The Morgan fingerprint density at radius 2 is 1.58 bits per heavy atom. The van der Waals surface area contributed by atoms with Gasteiger partial charge < -0.3 is 14.2 Å². The van der Waals surface area contributed by atoms with Gasteiger partial charge in [-0.1, -0.05) is 6.58 Å². The molecule has 0 aliphatic carbocycles. The van der Waals surface area contributed by atoms with Gasteiger partial charge in [0, 0.05) is 17.1 Å². The molecule has 0 unspecified atom stereocenters. The summed E-state index contributed by atoms with van der Waals surface area (Å²) in [7, 11) is 0. The topological polar surface area (TPSA) is 78.9 Å². The average molecular weight is 376 g/mol. The molecule has 0 amide bonds. The lowest BCUT2D eigenvalue weighted by Crippen LogP contribution is -2.25. The number of carbonyl (C=O) groups excluding carboxylic acids is 3. The number of hydrogen-bond acceptors (Lipinski definition) is 8. The molecule has 0 saturated carbocycles. The highest BCUT2D eigenvalue weighted by atomic mass is 32.2. The smallest absolute Gasteiger partial charge is 0.333 e. The minimum Gasteiger partial charge on any atom is -0.462 e. The van der Waals surface area contributed by atoms with Gasteiger partial charge in [0.1, 0.15) is 19.3 Å². The standard InChI is InChI=1S/C16H24O6S2/c1-12(2)16(19)21-7-6-20-14(17)4-5-15(18)22-13-10-23-8-3-9-24-11-13/h13H,1,3-11H2,2H3. The molecule has 1 rings (SSSR count). The fraction of sp³-hybridized carbons (Fsp3) is 0.688. The van der Waals surface area contributed by atoms with Gasteiger partial charge in [0.2, 0.25) is 0 Å². The van der Waals surface area contributed by atoms with Gasteiger partial charge in [-0.2, -0.15) is 23.5 Å². The van der Waals surface area contributed by atoms with E-state index in [1.807, 2.05) is 0 Å². The number of ether oxygens (including phenoxy) is 3. The van der Waals surface area contributed by atoms with Crippen molar-refractivity contribution >= 4 is 41.4 Å². The number of esters is 3. The first-order valence-electron chi connectivity index (χ1n) is 7.82. The molecule has 0 spiro atoms. The van der Waals surface area contributed by atoms with Crippen molar-refractivity contribution in [3.05, 3.63) is 12.2 Å². The SMILES string of the molecule is C=C(C)C(=O)OCCOC(=O)CCC(=O)OC1CSCCCSC1. The van der Waals surface area contributed by atoms with E-state index >= 15 is 0 Å². The van der Waals surface area contributed by atoms with Crippen LogP contribution in [0.5, 0.6) is 0 Å². The van der Waals surface area contributed by atoms with E-state index < -0.39 is 11.9 Å². The summed E-state index contributed by atoms with van der Waals surface area (Å²) in [6.07, 6.45) is 1.05. The van der Waals surface area contributed by atoms with Crippen LogP contribution in [0.4, 0.5) is 0 Å². The quantitative estimate of drug-likeness (QED) is 0.276. The van der Waals surface area contributed by atoms with Gasteiger partial charge in [-0.05, 0) is 24.9 Å². The van der Waals surface area contributed by atoms with E-state index in [0.717, 1.165) is 23.0 Å². The van der Waals surface area contributed by atoms with Crippen molar-refractivity contribution in [2.45, 2.75) is 32.3 Å². The molecule has 1 aliphatic rings. The highest BCUT2D eigenvalue weighted by Crippen LogP contribution is 2.19. The third-order valence-corrected chi connectivity index (χ3v) is 5.31. The van der Waals surface area contributed by atoms with Crippen LogP contribution in [-0.2, 0) is 28.6 Å². The van der Waals surface area contributed by atoms with Crippen molar-refractivity contribution in [2.75, 3.05) is 36.2 Å². The first-order valence-corrected chi connectivity index (χ1v) is 10.1. The molecule has 136 valence electrons. The molecule has 8 heteroatoms. The van der Waals surface area contributed by atoms with Gasteiger partial charge in [0.15, 0.2) is 0 Å². The van der Waals surface area contributed by atoms with Crippen molar-refractivity contribution in [3.63, 3.8) is 0 Å². The highest BCUT2D eigenvalue weighted by molar-refractivity contribution is 8.00. The average Bonchev–Trinajstić information content (AvgIpc) is 2.51. The Balaban J connectivity index is 2.11. The molecule has 1 heterocycles. The fourth-order valence-electron chi connectivity index (χ4n) is 1.74. The normalized spacial score (nSPS) is 15.7. The summed E-state index contributed by atoms with van der Waals surface area (Å²) in [6, 6.07) is 0. The van der Waals surface area contributed by atoms with Gasteiger partial charge in [-0.15, -0.1) is 0 Å². The van der Waals surface area contributed by atoms with Crippen LogP contribution >= 0.6 is 23.5 Å². The van der Waals surface area contributed by atoms with Crippen molar-refractivity contribution in [2.24, 2.45) is 0 Å². The Kier molecular flexibility index (Phi) is 10.7. The molecule has 0 radical (unpaired) electrons. The Morgan fingerprint density at radius 3 is 2.21 bits per heavy atom. The van der Waals surface area contributed by atoms with E-state index in [0.29, 0.717) is 0 Å². The summed E-state index contributed by atoms with van der Waals surface area (Å²) >= 11 is 3.58. The number of rotatable bonds is 8. The molecule has 0 bridgehead atoms. The summed E-state index contributed by atoms with van der Waals surface area (Å²) in [5.74, 6) is 2.36. The second-order valence-corrected chi connectivity index (χ2v) is 7.55. The lowest BCUT2D eigenvalue weighted by molar-refractivity contribution is -0.154. The lowest BCUT2D eigenvalue weighted by Gasteiger charge is -2.19. The maximum atomic E-state index is 11.8. The van der Waals surface area contributed by atoms with Crippen molar-refractivity contribution in [1.29, 1.82) is 0 Å². The van der Waals surface area contributed by atoms with E-state index in [9.17, 15) is 14.4 Å². The van der Waals surface area contributed by atoms with E-state index in [1.165, 1.54) is 13.3 Å². The first-order chi connectivity index (χ1) is 11.5. The van der Waals surface area contributed by atoms with Gasteiger partial charge in [0.05, 0.1) is 12.8 Å². The molecular weight excluding hydrogens is 352 g/mol. The highest BCUT2D eigenvalue weighted by Gasteiger charge is 2.17. The van der Waals surface area contributed by atoms with E-state index in [4.69, 9.17) is 14.2 Å². The zero-order valence-electron chi connectivity index (χ0n) is 13.9. The molecule has 24 heavy (non-hydrogen) atoms. The van der Waals surface area contributed by atoms with E-state index in [2.05, 4.69) is 6.58 Å². The Bertz CT molecular complexity index is 444. The van der Waals surface area contributed by atoms with Crippen molar-refractivity contribution < 1.29 is 28.6 Å². The maximum Gasteiger partial charge on any atom is 0.333 e. The summed E-state index contributed by atoms with van der Waals surface area (Å²) in [5.41, 5.74) is 0.287. The zero-order valence-corrected chi connectivity index (χ0v) is 15.5. The van der Waals surface area contributed by atoms with Gasteiger partial charge in [-0.25, -0.2) is 4.79 Å². The summed E-state index contributed by atoms with van der Waals surface area (Å²) in [5, 5.41) is 0. The number of hydrogen-bond donors (Lipinski definition) is 0. The van der Waals surface area contributed by atoms with Crippen LogP contribution in [0.2, 0.25) is 0 Å². The van der Waals surface area contributed by atoms with Crippen LogP contribution in [-0.4, -0.2) is 60.2 Å². The third-order valence-electron chi connectivity index (χ3n) is 2.94. The Hall–Kier alpha value is -1.15. The van der Waals surface area contributed by atoms with Crippen LogP contribution in [0.15, 0.2) is 12.2 Å². The summed E-state index contributed by atoms with van der Waals surface area (Å²) < 4.78 is 15.1. The maximum absolute atomic E-state index is 11.8. The molecule has 6 nitrogen and oxygen atoms in total. The largest absolute Gasteiger partial charge is 0.462 e. The van der Waals surface area contributed by atoms with Crippen LogP contribution in [0, 0.1) is 0 Å². The summed E-state index contributed by atoms with van der Waals surface area (Å²) in [6.45, 7) is 4.91. The van der Waals surface area contributed by atoms with Gasteiger partial charge in [-0.3, -0.25) is 9.59 Å². The predicted octanol–water partition coefficient (Wildman–Crippen LogP) is 2.21. The third kappa shape index (κ3) is 9.87. The molecule has 0 aromatic rings. The Morgan fingerprint density at radius 1 is 1.00 bits per heavy atom. The van der Waals surface area contributed by atoms with E-state index in [1.54, 1.807) is 23.5 Å². The van der Waals surface area contributed by atoms with Crippen molar-refractivity contribution in [3.8, 4) is 0 Å². The number of carbonyl (C=O) groups is 3. The molecule has 1 saturated heterocycles. The van der Waals surface area contributed by atoms with Gasteiger partial charge in [0.25, 0.3) is 0 Å². The minimum absolute atomic E-state index is 0.00375. The molecule has 1 aliphatic heterocycles. The van der Waals surface area contributed by atoms with Crippen LogP contribution in [0.1, 0.15) is 26.2 Å². The molecule has 0 N–H and O–H groups in total. The van der Waals surface area contributed by atoms with Crippen LogP contribution < -0.4 is 0 Å². The molecular formula is C16H24O6S2. The van der Waals surface area contributed by atoms with Crippen molar-refractivity contribution in [1.82, 2.24) is 0 Å². The first kappa shape index (κ1) is 20.9. The fourth-order valence-corrected chi connectivity index (χ4v) is 4.00.